The van der Waals surface area contributed by atoms with Crippen LogP contribution < -0.4 is 5.32 Å². The molecule has 0 rings (SSSR count). The van der Waals surface area contributed by atoms with Crippen molar-refractivity contribution in [3.63, 3.8) is 0 Å². The van der Waals surface area contributed by atoms with E-state index in [4.69, 9.17) is 0 Å². The molecular formula is C40H67NO5S. The molecule has 0 saturated carbocycles. The van der Waals surface area contributed by atoms with Gasteiger partial charge in [-0.1, -0.05) is 144 Å². The first-order valence-electron chi connectivity index (χ1n) is 18.3. The number of aliphatic hydroxyl groups excluding tert-OH is 1. The predicted octanol–water partition coefficient (Wildman–Crippen LogP) is 10.5. The van der Waals surface area contributed by atoms with Crippen LogP contribution in [-0.2, 0) is 14.9 Å². The molecule has 0 spiro atoms. The minimum atomic E-state index is -4.36. The van der Waals surface area contributed by atoms with Crippen molar-refractivity contribution in [3.05, 3.63) is 85.1 Å². The van der Waals surface area contributed by atoms with Gasteiger partial charge in [-0.2, -0.15) is 8.42 Å². The Labute approximate surface area is 288 Å². The summed E-state index contributed by atoms with van der Waals surface area (Å²) in [5.74, 6) is -1.04. The van der Waals surface area contributed by atoms with Gasteiger partial charge in [0.15, 0.2) is 0 Å². The maximum absolute atomic E-state index is 12.4. The van der Waals surface area contributed by atoms with Crippen LogP contribution in [-0.4, -0.2) is 41.9 Å². The summed E-state index contributed by atoms with van der Waals surface area (Å²) in [6.45, 7) is 4.36. The molecule has 3 N–H and O–H groups in total. The van der Waals surface area contributed by atoms with Crippen molar-refractivity contribution >= 4 is 16.0 Å². The Balaban J connectivity index is 4.06. The van der Waals surface area contributed by atoms with Crippen molar-refractivity contribution in [2.24, 2.45) is 0 Å². The number of carbonyl (C=O) groups excluding carboxylic acids is 1. The third-order valence-corrected chi connectivity index (χ3v) is 8.34. The van der Waals surface area contributed by atoms with Crippen molar-refractivity contribution in [1.29, 1.82) is 0 Å². The van der Waals surface area contributed by atoms with Crippen LogP contribution in [0.5, 0.6) is 0 Å². The Morgan fingerprint density at radius 1 is 0.596 bits per heavy atom. The lowest BCUT2D eigenvalue weighted by Crippen LogP contribution is -2.46. The normalized spacial score (nSPS) is 14.4. The van der Waals surface area contributed by atoms with Gasteiger partial charge in [-0.3, -0.25) is 9.35 Å². The van der Waals surface area contributed by atoms with Crippen LogP contribution in [0.2, 0.25) is 0 Å². The second-order valence-electron chi connectivity index (χ2n) is 12.1. The quantitative estimate of drug-likeness (QED) is 0.0386. The summed E-state index contributed by atoms with van der Waals surface area (Å²) < 4.78 is 32.3. The van der Waals surface area contributed by atoms with Crippen molar-refractivity contribution in [2.75, 3.05) is 5.75 Å². The number of amides is 1. The highest BCUT2D eigenvalue weighted by Crippen LogP contribution is 2.10. The number of hydrogen-bond donors (Lipinski definition) is 3. The summed E-state index contributed by atoms with van der Waals surface area (Å²) in [7, 11) is -4.36. The van der Waals surface area contributed by atoms with Crippen LogP contribution in [0.15, 0.2) is 85.1 Å². The van der Waals surface area contributed by atoms with Crippen molar-refractivity contribution in [2.45, 2.75) is 154 Å². The number of carbonyl (C=O) groups is 1. The Morgan fingerprint density at radius 2 is 1.04 bits per heavy atom. The summed E-state index contributed by atoms with van der Waals surface area (Å²) in [5, 5.41) is 13.1. The highest BCUT2D eigenvalue weighted by Gasteiger charge is 2.24. The molecule has 0 aliphatic rings. The van der Waals surface area contributed by atoms with Crippen LogP contribution in [0.4, 0.5) is 0 Å². The number of nitrogens with one attached hydrogen (secondary N) is 1. The SMILES string of the molecule is CC/C=C\C/C=C\C/C=C\C/C=C\C/C=C\CCCCCCCC(=O)NC(CS(=O)(=O)O)C(O)/C=C/CC/C=C/CCCCCCC. The maximum atomic E-state index is 12.4. The van der Waals surface area contributed by atoms with Crippen LogP contribution in [0, 0.1) is 0 Å². The van der Waals surface area contributed by atoms with E-state index in [-0.39, 0.29) is 12.3 Å². The molecule has 0 aliphatic carbocycles. The van der Waals surface area contributed by atoms with Gasteiger partial charge in [0.05, 0.1) is 17.9 Å². The lowest BCUT2D eigenvalue weighted by molar-refractivity contribution is -0.122. The highest BCUT2D eigenvalue weighted by atomic mass is 32.2. The van der Waals surface area contributed by atoms with Crippen LogP contribution in [0.3, 0.4) is 0 Å². The molecule has 0 aromatic heterocycles. The molecule has 0 heterocycles. The molecule has 6 nitrogen and oxygen atoms in total. The van der Waals surface area contributed by atoms with Gasteiger partial charge in [0.2, 0.25) is 5.91 Å². The summed E-state index contributed by atoms with van der Waals surface area (Å²) in [4.78, 5) is 12.4. The van der Waals surface area contributed by atoms with E-state index < -0.39 is 28.0 Å². The van der Waals surface area contributed by atoms with Crippen LogP contribution in [0.25, 0.3) is 0 Å². The molecule has 0 fully saturated rings. The van der Waals surface area contributed by atoms with Crippen molar-refractivity contribution in [1.82, 2.24) is 5.32 Å². The fraction of sp³-hybridized carbons (Fsp3) is 0.625. The molecular weight excluding hydrogens is 607 g/mol. The van der Waals surface area contributed by atoms with Gasteiger partial charge in [0.25, 0.3) is 10.1 Å². The molecule has 2 unspecified atom stereocenters. The number of allylic oxidation sites excluding steroid dienone is 13. The van der Waals surface area contributed by atoms with E-state index in [9.17, 15) is 22.9 Å². The smallest absolute Gasteiger partial charge is 0.267 e. The summed E-state index contributed by atoms with van der Waals surface area (Å²) in [6.07, 6.45) is 48.5. The zero-order valence-electron chi connectivity index (χ0n) is 29.6. The number of aliphatic hydroxyl groups is 1. The minimum Gasteiger partial charge on any atom is -0.387 e. The van der Waals surface area contributed by atoms with Crippen molar-refractivity contribution < 1.29 is 22.9 Å². The van der Waals surface area contributed by atoms with E-state index in [1.165, 1.54) is 38.2 Å². The monoisotopic (exact) mass is 673 g/mol. The van der Waals surface area contributed by atoms with Gasteiger partial charge < -0.3 is 10.4 Å². The molecule has 1 amide bonds. The lowest BCUT2D eigenvalue weighted by atomic mass is 10.1. The molecule has 0 aromatic rings. The topological polar surface area (TPSA) is 104 Å². The van der Waals surface area contributed by atoms with E-state index in [1.807, 2.05) is 0 Å². The average molecular weight is 674 g/mol. The standard InChI is InChI=1S/C40H67NO5S/c1-3-5-7-9-11-13-15-16-17-18-19-20-21-22-23-24-26-28-30-32-34-36-40(43)41-38(37-47(44,45)46)39(42)35-33-31-29-27-25-14-12-10-8-6-4-2/h5,7,11,13,16-17,19-20,22-23,25,27,33,35,38-39,42H,3-4,6,8-10,12,14-15,18,21,24,26,28-32,34,36-37H2,1-2H3,(H,41,43)(H,44,45,46)/b7-5-,13-11-,17-16-,20-19-,23-22-,27-25+,35-33+. The first kappa shape index (κ1) is 44.5. The van der Waals surface area contributed by atoms with Gasteiger partial charge in [-0.25, -0.2) is 0 Å². The van der Waals surface area contributed by atoms with Gasteiger partial charge >= 0.3 is 0 Å². The van der Waals surface area contributed by atoms with Crippen LogP contribution >= 0.6 is 0 Å². The summed E-state index contributed by atoms with van der Waals surface area (Å²) >= 11 is 0. The third kappa shape index (κ3) is 34.7. The fourth-order valence-electron chi connectivity index (χ4n) is 4.84. The van der Waals surface area contributed by atoms with Gasteiger partial charge in [-0.05, 0) is 77.0 Å². The number of hydrogen-bond acceptors (Lipinski definition) is 4. The number of rotatable bonds is 31. The molecule has 0 saturated heterocycles. The first-order chi connectivity index (χ1) is 22.8. The molecule has 7 heteroatoms. The van der Waals surface area contributed by atoms with E-state index in [1.54, 1.807) is 6.08 Å². The molecule has 268 valence electrons. The predicted molar refractivity (Wildman–Crippen MR) is 202 cm³/mol. The second kappa shape index (κ2) is 33.4. The molecule has 2 atom stereocenters. The highest BCUT2D eigenvalue weighted by molar-refractivity contribution is 7.85. The summed E-state index contributed by atoms with van der Waals surface area (Å²) in [5.41, 5.74) is 0. The van der Waals surface area contributed by atoms with Crippen LogP contribution in [0.1, 0.15) is 142 Å². The Bertz CT molecular complexity index is 1050. The third-order valence-electron chi connectivity index (χ3n) is 7.56. The van der Waals surface area contributed by atoms with Gasteiger partial charge in [0, 0.05) is 6.42 Å². The number of unbranched alkanes of at least 4 members (excludes halogenated alkanes) is 11. The average Bonchev–Trinajstić information content (AvgIpc) is 3.03. The Hall–Kier alpha value is -2.48. The van der Waals surface area contributed by atoms with E-state index >= 15 is 0 Å². The molecule has 0 aliphatic heterocycles. The zero-order valence-corrected chi connectivity index (χ0v) is 30.4. The second-order valence-corrected chi connectivity index (χ2v) is 13.6. The largest absolute Gasteiger partial charge is 0.387 e. The Kier molecular flexibility index (Phi) is 31.7. The molecule has 0 radical (unpaired) electrons. The van der Waals surface area contributed by atoms with E-state index in [0.717, 1.165) is 77.0 Å². The van der Waals surface area contributed by atoms with Gasteiger partial charge in [0.1, 0.15) is 0 Å². The first-order valence-corrected chi connectivity index (χ1v) is 19.9. The zero-order chi connectivity index (χ0) is 34.7. The summed E-state index contributed by atoms with van der Waals surface area (Å²) in [6, 6.07) is -1.09. The minimum absolute atomic E-state index is 0.260. The van der Waals surface area contributed by atoms with E-state index in [0.29, 0.717) is 12.8 Å². The molecule has 47 heavy (non-hydrogen) atoms. The maximum Gasteiger partial charge on any atom is 0.267 e. The lowest BCUT2D eigenvalue weighted by Gasteiger charge is -2.21. The van der Waals surface area contributed by atoms with Gasteiger partial charge in [-0.15, -0.1) is 0 Å². The Morgan fingerprint density at radius 3 is 1.60 bits per heavy atom. The molecule has 0 bridgehead atoms. The molecule has 0 aromatic carbocycles. The van der Waals surface area contributed by atoms with E-state index in [2.05, 4.69) is 92.1 Å². The fourth-order valence-corrected chi connectivity index (χ4v) is 5.58. The van der Waals surface area contributed by atoms with Crippen molar-refractivity contribution in [3.8, 4) is 0 Å².